The van der Waals surface area contributed by atoms with Gasteiger partial charge in [-0.25, -0.2) is 0 Å². The van der Waals surface area contributed by atoms with Gasteiger partial charge in [0.05, 0.1) is 12.2 Å². The van der Waals surface area contributed by atoms with E-state index in [9.17, 15) is 0 Å². The fourth-order valence-corrected chi connectivity index (χ4v) is 2.69. The third-order valence-electron chi connectivity index (χ3n) is 4.61. The Hall–Kier alpha value is -2.36. The predicted octanol–water partition coefficient (Wildman–Crippen LogP) is 3.60. The molecule has 0 atom stereocenters. The molecule has 0 spiro atoms. The number of aromatic nitrogens is 1. The fourth-order valence-electron chi connectivity index (χ4n) is 2.69. The number of aliphatic imine (C=N–C) groups is 1. The van der Waals surface area contributed by atoms with Crippen molar-refractivity contribution in [1.82, 2.24) is 15.6 Å². The van der Waals surface area contributed by atoms with Gasteiger partial charge in [-0.3, -0.25) is 9.98 Å². The number of nitrogens with zero attached hydrogens (tertiary/aromatic N) is 2. The van der Waals surface area contributed by atoms with E-state index in [0.717, 1.165) is 24.6 Å². The first-order valence-electron chi connectivity index (χ1n) is 8.90. The molecule has 1 aromatic heterocycles. The second-order valence-electron chi connectivity index (χ2n) is 6.98. The summed E-state index contributed by atoms with van der Waals surface area (Å²) in [7, 11) is 1.80. The summed E-state index contributed by atoms with van der Waals surface area (Å²) in [6, 6.07) is 12.9. The number of pyridine rings is 1. The van der Waals surface area contributed by atoms with E-state index < -0.39 is 0 Å². The number of hydrogen-bond donors (Lipinski definition) is 2. The van der Waals surface area contributed by atoms with Gasteiger partial charge in [0.1, 0.15) is 0 Å². The molecule has 0 amide bonds. The van der Waals surface area contributed by atoms with E-state index in [0.29, 0.717) is 6.54 Å². The van der Waals surface area contributed by atoms with Crippen molar-refractivity contribution in [1.29, 1.82) is 0 Å². The van der Waals surface area contributed by atoms with Crippen molar-refractivity contribution in [3.63, 3.8) is 0 Å². The molecule has 25 heavy (non-hydrogen) atoms. The topological polar surface area (TPSA) is 49.3 Å². The van der Waals surface area contributed by atoms with Gasteiger partial charge < -0.3 is 10.6 Å². The zero-order chi connectivity index (χ0) is 18.3. The summed E-state index contributed by atoms with van der Waals surface area (Å²) in [6.45, 7) is 10.2. The molecule has 1 heterocycles. The second-order valence-corrected chi connectivity index (χ2v) is 6.98. The standard InChI is InChI=1S/C21H30N4/c1-6-17-9-11-18(12-10-17)21(3,4)15-25-20(22-5)24-14-19-16(2)8-7-13-23-19/h7-13H,6,14-15H2,1-5H3,(H2,22,24,25). The van der Waals surface area contributed by atoms with E-state index in [1.165, 1.54) is 16.7 Å². The Labute approximate surface area is 151 Å². The summed E-state index contributed by atoms with van der Waals surface area (Å²) >= 11 is 0. The van der Waals surface area contributed by atoms with Gasteiger partial charge >= 0.3 is 0 Å². The summed E-state index contributed by atoms with van der Waals surface area (Å²) in [5, 5.41) is 6.78. The molecule has 2 N–H and O–H groups in total. The maximum absolute atomic E-state index is 4.41. The first-order chi connectivity index (χ1) is 12.0. The molecular weight excluding hydrogens is 308 g/mol. The quantitative estimate of drug-likeness (QED) is 0.625. The molecule has 0 aliphatic rings. The van der Waals surface area contributed by atoms with Crippen LogP contribution in [0.4, 0.5) is 0 Å². The molecule has 4 heteroatoms. The van der Waals surface area contributed by atoms with Crippen molar-refractivity contribution in [2.75, 3.05) is 13.6 Å². The maximum atomic E-state index is 4.41. The van der Waals surface area contributed by atoms with Crippen molar-refractivity contribution in [2.24, 2.45) is 4.99 Å². The number of rotatable bonds is 6. The van der Waals surface area contributed by atoms with E-state index in [-0.39, 0.29) is 5.41 Å². The lowest BCUT2D eigenvalue weighted by Gasteiger charge is -2.27. The normalized spacial score (nSPS) is 12.1. The molecule has 0 radical (unpaired) electrons. The highest BCUT2D eigenvalue weighted by Crippen LogP contribution is 2.22. The van der Waals surface area contributed by atoms with Crippen LogP contribution in [0.5, 0.6) is 0 Å². The predicted molar refractivity (Wildman–Crippen MR) is 106 cm³/mol. The first kappa shape index (κ1) is 19.0. The van der Waals surface area contributed by atoms with Crippen LogP contribution in [0.2, 0.25) is 0 Å². The molecule has 1 aromatic carbocycles. The van der Waals surface area contributed by atoms with E-state index >= 15 is 0 Å². The highest BCUT2D eigenvalue weighted by Gasteiger charge is 2.20. The monoisotopic (exact) mass is 338 g/mol. The van der Waals surface area contributed by atoms with Gasteiger partial charge in [0.15, 0.2) is 5.96 Å². The molecule has 4 nitrogen and oxygen atoms in total. The molecule has 2 aromatic rings. The van der Waals surface area contributed by atoms with Gasteiger partial charge in [-0.05, 0) is 36.1 Å². The Morgan fingerprint density at radius 1 is 1.12 bits per heavy atom. The van der Waals surface area contributed by atoms with Gasteiger partial charge in [-0.2, -0.15) is 0 Å². The molecule has 0 unspecified atom stereocenters. The minimum absolute atomic E-state index is 0.0187. The molecular formula is C21H30N4. The number of aryl methyl sites for hydroxylation is 2. The van der Waals surface area contributed by atoms with E-state index in [1.54, 1.807) is 7.05 Å². The Morgan fingerprint density at radius 3 is 2.44 bits per heavy atom. The van der Waals surface area contributed by atoms with Crippen LogP contribution in [-0.2, 0) is 18.4 Å². The van der Waals surface area contributed by atoms with Crippen LogP contribution in [-0.4, -0.2) is 24.5 Å². The van der Waals surface area contributed by atoms with E-state index in [4.69, 9.17) is 0 Å². The molecule has 0 saturated carbocycles. The molecule has 2 rings (SSSR count). The van der Waals surface area contributed by atoms with E-state index in [2.05, 4.69) is 78.6 Å². The summed E-state index contributed by atoms with van der Waals surface area (Å²) in [6.07, 6.45) is 2.89. The van der Waals surface area contributed by atoms with Crippen LogP contribution >= 0.6 is 0 Å². The van der Waals surface area contributed by atoms with Gasteiger partial charge in [0.2, 0.25) is 0 Å². The molecule has 0 aliphatic carbocycles. The fraction of sp³-hybridized carbons (Fsp3) is 0.429. The largest absolute Gasteiger partial charge is 0.356 e. The number of guanidine groups is 1. The van der Waals surface area contributed by atoms with Crippen molar-refractivity contribution >= 4 is 5.96 Å². The van der Waals surface area contributed by atoms with Crippen LogP contribution in [0.15, 0.2) is 47.6 Å². The minimum atomic E-state index is 0.0187. The molecule has 134 valence electrons. The first-order valence-corrected chi connectivity index (χ1v) is 8.90. The van der Waals surface area contributed by atoms with E-state index in [1.807, 2.05) is 12.3 Å². The lowest BCUT2D eigenvalue weighted by molar-refractivity contribution is 0.508. The third-order valence-corrected chi connectivity index (χ3v) is 4.61. The highest BCUT2D eigenvalue weighted by molar-refractivity contribution is 5.79. The van der Waals surface area contributed by atoms with Crippen LogP contribution < -0.4 is 10.6 Å². The zero-order valence-electron chi connectivity index (χ0n) is 16.1. The van der Waals surface area contributed by atoms with Crippen LogP contribution in [0.1, 0.15) is 43.2 Å². The average molecular weight is 338 g/mol. The highest BCUT2D eigenvalue weighted by atomic mass is 15.2. The smallest absolute Gasteiger partial charge is 0.191 e. The zero-order valence-corrected chi connectivity index (χ0v) is 16.1. The molecule has 0 bridgehead atoms. The Morgan fingerprint density at radius 2 is 1.84 bits per heavy atom. The Bertz CT molecular complexity index is 702. The Kier molecular flexibility index (Phi) is 6.57. The average Bonchev–Trinajstić information content (AvgIpc) is 2.63. The lowest BCUT2D eigenvalue weighted by atomic mass is 9.84. The molecule has 0 fully saturated rings. The van der Waals surface area contributed by atoms with Crippen molar-refractivity contribution in [3.05, 3.63) is 65.0 Å². The summed E-state index contributed by atoms with van der Waals surface area (Å²) in [4.78, 5) is 8.74. The molecule has 0 saturated heterocycles. The molecule has 0 aliphatic heterocycles. The van der Waals surface area contributed by atoms with Crippen molar-refractivity contribution in [3.8, 4) is 0 Å². The minimum Gasteiger partial charge on any atom is -0.356 e. The number of nitrogens with one attached hydrogen (secondary N) is 2. The summed E-state index contributed by atoms with van der Waals surface area (Å²) in [5.41, 5.74) is 4.94. The second kappa shape index (κ2) is 8.65. The van der Waals surface area contributed by atoms with Gasteiger partial charge in [0.25, 0.3) is 0 Å². The van der Waals surface area contributed by atoms with Gasteiger partial charge in [0, 0.05) is 25.2 Å². The van der Waals surface area contributed by atoms with Crippen LogP contribution in [0, 0.1) is 6.92 Å². The van der Waals surface area contributed by atoms with Crippen molar-refractivity contribution < 1.29 is 0 Å². The van der Waals surface area contributed by atoms with Crippen molar-refractivity contribution in [2.45, 2.75) is 46.1 Å². The van der Waals surface area contributed by atoms with Crippen LogP contribution in [0.3, 0.4) is 0 Å². The van der Waals surface area contributed by atoms with Gasteiger partial charge in [-0.1, -0.05) is 51.1 Å². The summed E-state index contributed by atoms with van der Waals surface area (Å²) < 4.78 is 0. The maximum Gasteiger partial charge on any atom is 0.191 e. The lowest BCUT2D eigenvalue weighted by Crippen LogP contribution is -2.43. The number of benzene rings is 1. The van der Waals surface area contributed by atoms with Crippen LogP contribution in [0.25, 0.3) is 0 Å². The third kappa shape index (κ3) is 5.31. The number of hydrogen-bond acceptors (Lipinski definition) is 2. The summed E-state index contributed by atoms with van der Waals surface area (Å²) in [5.74, 6) is 0.795. The van der Waals surface area contributed by atoms with Gasteiger partial charge in [-0.15, -0.1) is 0 Å². The Balaban J connectivity index is 1.93. The SMILES string of the molecule is CCc1ccc(C(C)(C)CNC(=NC)NCc2ncccc2C)cc1.